The molecule has 18 heavy (non-hydrogen) atoms. The Bertz CT molecular complexity index is 563. The Morgan fingerprint density at radius 3 is 2.61 bits per heavy atom. The number of nitrogen functional groups attached to an aromatic ring is 1. The summed E-state index contributed by atoms with van der Waals surface area (Å²) in [6.07, 6.45) is 0. The molecule has 5 N–H and O–H groups in total. The lowest BCUT2D eigenvalue weighted by molar-refractivity contribution is 0.0958. The molecule has 0 aliphatic carbocycles. The number of aryl methyl sites for hydroxylation is 1. The SMILES string of the molecule is Cc1[nH]nc(C(=O)NNc2ccc(Cl)cc2)c1N. The number of aromatic amines is 1. The lowest BCUT2D eigenvalue weighted by Gasteiger charge is -2.07. The van der Waals surface area contributed by atoms with Crippen molar-refractivity contribution in [3.63, 3.8) is 0 Å². The van der Waals surface area contributed by atoms with Gasteiger partial charge in [-0.3, -0.25) is 20.7 Å². The van der Waals surface area contributed by atoms with E-state index in [9.17, 15) is 4.79 Å². The van der Waals surface area contributed by atoms with E-state index in [1.165, 1.54) is 0 Å². The van der Waals surface area contributed by atoms with Crippen LogP contribution in [0.3, 0.4) is 0 Å². The molecular formula is C11H12ClN5O. The van der Waals surface area contributed by atoms with Gasteiger partial charge >= 0.3 is 0 Å². The fraction of sp³-hybridized carbons (Fsp3) is 0.0909. The van der Waals surface area contributed by atoms with Gasteiger partial charge in [-0.1, -0.05) is 11.6 Å². The van der Waals surface area contributed by atoms with Crippen molar-refractivity contribution in [2.75, 3.05) is 11.2 Å². The second kappa shape index (κ2) is 4.97. The van der Waals surface area contributed by atoms with E-state index in [2.05, 4.69) is 21.0 Å². The zero-order valence-corrected chi connectivity index (χ0v) is 10.4. The lowest BCUT2D eigenvalue weighted by atomic mass is 10.3. The van der Waals surface area contributed by atoms with Crippen LogP contribution in [0.25, 0.3) is 0 Å². The molecule has 94 valence electrons. The first-order chi connectivity index (χ1) is 8.58. The van der Waals surface area contributed by atoms with Gasteiger partial charge in [0.2, 0.25) is 0 Å². The number of nitrogens with zero attached hydrogens (tertiary/aromatic N) is 1. The summed E-state index contributed by atoms with van der Waals surface area (Å²) >= 11 is 5.75. The van der Waals surface area contributed by atoms with E-state index in [1.54, 1.807) is 31.2 Å². The maximum Gasteiger partial charge on any atom is 0.292 e. The number of carbonyl (C=O) groups is 1. The Morgan fingerprint density at radius 1 is 1.39 bits per heavy atom. The first-order valence-electron chi connectivity index (χ1n) is 5.20. The molecule has 0 unspecified atom stereocenters. The predicted molar refractivity (Wildman–Crippen MR) is 70.3 cm³/mol. The molecule has 1 aromatic heterocycles. The Kier molecular flexibility index (Phi) is 3.38. The number of nitrogens with two attached hydrogens (primary N) is 1. The number of anilines is 2. The van der Waals surface area contributed by atoms with Gasteiger partial charge in [0, 0.05) is 5.02 Å². The van der Waals surface area contributed by atoms with Gasteiger partial charge in [0.05, 0.1) is 17.1 Å². The van der Waals surface area contributed by atoms with Crippen LogP contribution in [0.15, 0.2) is 24.3 Å². The predicted octanol–water partition coefficient (Wildman–Crippen LogP) is 1.71. The van der Waals surface area contributed by atoms with Gasteiger partial charge in [0.15, 0.2) is 5.69 Å². The van der Waals surface area contributed by atoms with Crippen molar-refractivity contribution >= 4 is 28.9 Å². The number of benzene rings is 1. The number of rotatable bonds is 3. The summed E-state index contributed by atoms with van der Waals surface area (Å²) < 4.78 is 0. The second-order valence-electron chi connectivity index (χ2n) is 3.70. The highest BCUT2D eigenvalue weighted by Crippen LogP contribution is 2.14. The van der Waals surface area contributed by atoms with Gasteiger partial charge in [0.25, 0.3) is 5.91 Å². The van der Waals surface area contributed by atoms with Crippen molar-refractivity contribution in [1.29, 1.82) is 0 Å². The molecule has 1 heterocycles. The molecule has 0 aliphatic rings. The standard InChI is InChI=1S/C11H12ClN5O/c1-6-9(13)10(16-14-6)11(18)17-15-8-4-2-7(12)3-5-8/h2-5,15H,13H2,1H3,(H,14,16)(H,17,18). The van der Waals surface area contributed by atoms with Gasteiger partial charge in [-0.15, -0.1) is 0 Å². The molecule has 0 saturated heterocycles. The summed E-state index contributed by atoms with van der Waals surface area (Å²) in [4.78, 5) is 11.8. The quantitative estimate of drug-likeness (QED) is 0.635. The maximum absolute atomic E-state index is 11.8. The molecule has 6 nitrogen and oxygen atoms in total. The third-order valence-electron chi connectivity index (χ3n) is 2.37. The monoisotopic (exact) mass is 265 g/mol. The molecule has 0 aliphatic heterocycles. The van der Waals surface area contributed by atoms with E-state index < -0.39 is 5.91 Å². The normalized spacial score (nSPS) is 10.1. The van der Waals surface area contributed by atoms with Gasteiger partial charge in [-0.25, -0.2) is 0 Å². The Labute approximate surface area is 108 Å². The van der Waals surface area contributed by atoms with E-state index in [0.717, 1.165) is 0 Å². The zero-order chi connectivity index (χ0) is 13.1. The molecule has 0 atom stereocenters. The molecular weight excluding hydrogens is 254 g/mol. The van der Waals surface area contributed by atoms with Gasteiger partial charge in [0.1, 0.15) is 0 Å². The minimum Gasteiger partial charge on any atom is -0.395 e. The fourth-order valence-corrected chi connectivity index (χ4v) is 1.46. The van der Waals surface area contributed by atoms with E-state index in [4.69, 9.17) is 17.3 Å². The first kappa shape index (κ1) is 12.3. The smallest absolute Gasteiger partial charge is 0.292 e. The summed E-state index contributed by atoms with van der Waals surface area (Å²) in [5.74, 6) is -0.410. The third-order valence-corrected chi connectivity index (χ3v) is 2.63. The van der Waals surface area contributed by atoms with E-state index in [-0.39, 0.29) is 5.69 Å². The number of amides is 1. The zero-order valence-electron chi connectivity index (χ0n) is 9.62. The molecule has 0 spiro atoms. The number of hydrogen-bond acceptors (Lipinski definition) is 4. The molecule has 0 radical (unpaired) electrons. The molecule has 0 bridgehead atoms. The van der Waals surface area contributed by atoms with Gasteiger partial charge in [-0.2, -0.15) is 5.10 Å². The summed E-state index contributed by atoms with van der Waals surface area (Å²) in [7, 11) is 0. The summed E-state index contributed by atoms with van der Waals surface area (Å²) in [5, 5.41) is 7.09. The minimum absolute atomic E-state index is 0.161. The van der Waals surface area contributed by atoms with Crippen LogP contribution in [0, 0.1) is 6.92 Å². The van der Waals surface area contributed by atoms with E-state index in [1.807, 2.05) is 0 Å². The number of hydrogen-bond donors (Lipinski definition) is 4. The van der Waals surface area contributed by atoms with Gasteiger partial charge in [-0.05, 0) is 31.2 Å². The van der Waals surface area contributed by atoms with E-state index in [0.29, 0.717) is 22.1 Å². The molecule has 2 aromatic rings. The van der Waals surface area contributed by atoms with Crippen molar-refractivity contribution in [2.24, 2.45) is 0 Å². The topological polar surface area (TPSA) is 95.8 Å². The van der Waals surface area contributed by atoms with Crippen molar-refractivity contribution in [3.8, 4) is 0 Å². The first-order valence-corrected chi connectivity index (χ1v) is 5.58. The van der Waals surface area contributed by atoms with Crippen molar-refractivity contribution < 1.29 is 4.79 Å². The molecule has 1 aromatic carbocycles. The number of halogens is 1. The average Bonchev–Trinajstić information content (AvgIpc) is 2.69. The largest absolute Gasteiger partial charge is 0.395 e. The molecule has 0 fully saturated rings. The van der Waals surface area contributed by atoms with Crippen molar-refractivity contribution in [3.05, 3.63) is 40.7 Å². The van der Waals surface area contributed by atoms with Crippen LogP contribution >= 0.6 is 11.6 Å². The van der Waals surface area contributed by atoms with Crippen molar-refractivity contribution in [1.82, 2.24) is 15.6 Å². The third kappa shape index (κ3) is 2.54. The van der Waals surface area contributed by atoms with Crippen LogP contribution in [-0.4, -0.2) is 16.1 Å². The number of H-pyrrole nitrogens is 1. The second-order valence-corrected chi connectivity index (χ2v) is 4.13. The minimum atomic E-state index is -0.410. The van der Waals surface area contributed by atoms with Crippen LogP contribution in [0.4, 0.5) is 11.4 Å². The number of hydrazine groups is 1. The fourth-order valence-electron chi connectivity index (χ4n) is 1.33. The maximum atomic E-state index is 11.8. The lowest BCUT2D eigenvalue weighted by Crippen LogP contribution is -2.30. The number of nitrogens with one attached hydrogen (secondary N) is 3. The molecule has 0 saturated carbocycles. The van der Waals surface area contributed by atoms with E-state index >= 15 is 0 Å². The highest BCUT2D eigenvalue weighted by atomic mass is 35.5. The van der Waals surface area contributed by atoms with Crippen LogP contribution in [0.1, 0.15) is 16.2 Å². The number of aromatic nitrogens is 2. The Balaban J connectivity index is 2.00. The summed E-state index contributed by atoms with van der Waals surface area (Å²) in [6.45, 7) is 1.74. The van der Waals surface area contributed by atoms with Gasteiger partial charge < -0.3 is 5.73 Å². The van der Waals surface area contributed by atoms with Crippen LogP contribution < -0.4 is 16.6 Å². The van der Waals surface area contributed by atoms with Crippen LogP contribution in [-0.2, 0) is 0 Å². The van der Waals surface area contributed by atoms with Crippen LogP contribution in [0.2, 0.25) is 5.02 Å². The molecule has 1 amide bonds. The Morgan fingerprint density at radius 2 is 2.06 bits per heavy atom. The summed E-state index contributed by atoms with van der Waals surface area (Å²) in [6, 6.07) is 6.90. The Hall–Kier alpha value is -2.21. The van der Waals surface area contributed by atoms with Crippen LogP contribution in [0.5, 0.6) is 0 Å². The number of carbonyl (C=O) groups excluding carboxylic acids is 1. The average molecular weight is 266 g/mol. The highest BCUT2D eigenvalue weighted by molar-refractivity contribution is 6.30. The summed E-state index contributed by atoms with van der Waals surface area (Å²) in [5.41, 5.74) is 12.8. The highest BCUT2D eigenvalue weighted by Gasteiger charge is 2.14. The molecule has 2 rings (SSSR count). The van der Waals surface area contributed by atoms with Crippen molar-refractivity contribution in [2.45, 2.75) is 6.92 Å². The molecule has 7 heteroatoms.